The number of nitrogens with one attached hydrogen (secondary N) is 1. The Labute approximate surface area is 187 Å². The zero-order valence-electron chi connectivity index (χ0n) is 16.7. The quantitative estimate of drug-likeness (QED) is 0.443. The summed E-state index contributed by atoms with van der Waals surface area (Å²) in [7, 11) is -2.91. The topological polar surface area (TPSA) is 92.8 Å². The van der Waals surface area contributed by atoms with Gasteiger partial charge in [-0.15, -0.1) is 11.3 Å². The lowest BCUT2D eigenvalue weighted by atomic mass is 10.2. The molecule has 0 saturated heterocycles. The molecule has 164 valence electrons. The highest BCUT2D eigenvalue weighted by Gasteiger charge is 2.41. The number of benzene rings is 2. The Hall–Kier alpha value is -3.50. The molecule has 0 aliphatic carbocycles. The average molecular weight is 473 g/mol. The highest BCUT2D eigenvalue weighted by Crippen LogP contribution is 2.39. The van der Waals surface area contributed by atoms with E-state index < -0.39 is 32.5 Å². The number of nitrogens with zero attached hydrogens (tertiary/aromatic N) is 1. The lowest BCUT2D eigenvalue weighted by molar-refractivity contribution is 0.0600. The summed E-state index contributed by atoms with van der Waals surface area (Å²) in [5, 5.41) is 4.46. The Morgan fingerprint density at radius 2 is 1.81 bits per heavy atom. The third-order valence-electron chi connectivity index (χ3n) is 4.83. The minimum atomic E-state index is -4.18. The summed E-state index contributed by atoms with van der Waals surface area (Å²) in [6.45, 7) is -0.0508. The van der Waals surface area contributed by atoms with Gasteiger partial charge in [-0.3, -0.25) is 9.10 Å². The number of fused-ring (bicyclic) bond motifs is 1. The average Bonchev–Trinajstić information content (AvgIpc) is 3.27. The number of hydrogen-bond acceptors (Lipinski definition) is 7. The van der Waals surface area contributed by atoms with Gasteiger partial charge in [-0.25, -0.2) is 17.6 Å². The van der Waals surface area contributed by atoms with Crippen LogP contribution in [0.25, 0.3) is 0 Å². The normalized spacial score (nSPS) is 16.0. The number of rotatable bonds is 5. The Morgan fingerprint density at radius 1 is 1.12 bits per heavy atom. The molecule has 0 radical (unpaired) electrons. The van der Waals surface area contributed by atoms with Gasteiger partial charge in [0.25, 0.3) is 10.0 Å². The van der Waals surface area contributed by atoms with E-state index in [1.54, 1.807) is 23.6 Å². The molecule has 1 aliphatic rings. The van der Waals surface area contributed by atoms with Gasteiger partial charge in [-0.1, -0.05) is 12.1 Å². The molecule has 0 spiro atoms. The van der Waals surface area contributed by atoms with Crippen molar-refractivity contribution in [1.82, 2.24) is 0 Å². The maximum absolute atomic E-state index is 13.3. The smallest absolute Gasteiger partial charge is 0.337 e. The number of anilines is 2. The molecule has 1 aromatic heterocycles. The van der Waals surface area contributed by atoms with Crippen molar-refractivity contribution in [1.29, 1.82) is 0 Å². The van der Waals surface area contributed by atoms with Crippen LogP contribution in [0.5, 0.6) is 0 Å². The lowest BCUT2D eigenvalue weighted by Gasteiger charge is -2.29. The van der Waals surface area contributed by atoms with E-state index in [0.29, 0.717) is 27.4 Å². The molecule has 0 bridgehead atoms. The molecule has 0 atom stereocenters. The van der Waals surface area contributed by atoms with Crippen LogP contribution in [0.4, 0.5) is 15.8 Å². The zero-order chi connectivity index (χ0) is 22.9. The molecular weight excluding hydrogens is 455 g/mol. The molecule has 3 aromatic rings. The van der Waals surface area contributed by atoms with E-state index in [2.05, 4.69) is 10.1 Å². The lowest BCUT2D eigenvalue weighted by Crippen LogP contribution is -2.38. The van der Waals surface area contributed by atoms with Gasteiger partial charge in [-0.2, -0.15) is 0 Å². The molecule has 0 amide bonds. The van der Waals surface area contributed by atoms with Crippen LogP contribution in [0.1, 0.15) is 25.6 Å². The summed E-state index contributed by atoms with van der Waals surface area (Å²) in [6.07, 6.45) is 1.14. The van der Waals surface area contributed by atoms with E-state index in [1.165, 1.54) is 43.5 Å². The molecule has 2 aromatic carbocycles. The first-order valence-corrected chi connectivity index (χ1v) is 11.7. The molecule has 2 heterocycles. The van der Waals surface area contributed by atoms with E-state index in [-0.39, 0.29) is 6.54 Å². The molecule has 32 heavy (non-hydrogen) atoms. The van der Waals surface area contributed by atoms with Crippen LogP contribution in [0.2, 0.25) is 0 Å². The summed E-state index contributed by atoms with van der Waals surface area (Å²) < 4.78 is 45.7. The first-order valence-electron chi connectivity index (χ1n) is 9.35. The second-order valence-electron chi connectivity index (χ2n) is 6.82. The van der Waals surface area contributed by atoms with Crippen LogP contribution < -0.4 is 9.62 Å². The van der Waals surface area contributed by atoms with Crippen molar-refractivity contribution in [3.63, 3.8) is 0 Å². The largest absolute Gasteiger partial charge is 0.465 e. The van der Waals surface area contributed by atoms with Crippen molar-refractivity contribution >= 4 is 44.5 Å². The summed E-state index contributed by atoms with van der Waals surface area (Å²) in [6, 6.07) is 13.2. The van der Waals surface area contributed by atoms with E-state index in [0.717, 1.165) is 21.8 Å². The number of halogens is 1. The molecule has 0 unspecified atom stereocenters. The van der Waals surface area contributed by atoms with Crippen LogP contribution >= 0.6 is 11.3 Å². The summed E-state index contributed by atoms with van der Waals surface area (Å²) >= 11 is 1.15. The fourth-order valence-corrected chi connectivity index (χ4v) is 5.66. The van der Waals surface area contributed by atoms with Crippen LogP contribution in [0.3, 0.4) is 0 Å². The second-order valence-corrected chi connectivity index (χ2v) is 9.57. The number of carbonyl (C=O) groups excluding carboxylic acids is 2. The maximum atomic E-state index is 13.3. The van der Waals surface area contributed by atoms with Gasteiger partial charge in [0.05, 0.1) is 24.9 Å². The van der Waals surface area contributed by atoms with Crippen molar-refractivity contribution in [3.05, 3.63) is 92.9 Å². The molecule has 7 nitrogen and oxygen atoms in total. The number of sulfonamides is 1. The maximum Gasteiger partial charge on any atom is 0.337 e. The minimum absolute atomic E-state index is 0.0508. The number of carbonyl (C=O) groups is 2. The standard InChI is InChI=1S/C22H17FN2O5S2/c1-30-22(27)15-4-8-17(9-5-15)24-12-19-20(26)21-18(10-11-31-21)25(32(19,28)29)13-14-2-6-16(23)7-3-14/h2-12,24H,13H2,1H3/b19-12-. The number of hydrogen-bond donors (Lipinski definition) is 1. The van der Waals surface area contributed by atoms with Gasteiger partial charge < -0.3 is 10.1 Å². The summed E-state index contributed by atoms with van der Waals surface area (Å²) in [5.41, 5.74) is 1.69. The zero-order valence-corrected chi connectivity index (χ0v) is 18.4. The number of allylic oxidation sites excluding steroid dienone is 1. The highest BCUT2D eigenvalue weighted by molar-refractivity contribution is 7.97. The van der Waals surface area contributed by atoms with Gasteiger partial charge in [-0.05, 0) is 53.4 Å². The fourth-order valence-electron chi connectivity index (χ4n) is 3.18. The van der Waals surface area contributed by atoms with Gasteiger partial charge in [0.2, 0.25) is 5.78 Å². The number of methoxy groups -OCH3 is 1. The minimum Gasteiger partial charge on any atom is -0.465 e. The number of Topliss-reactive ketones (excluding diaryl/α,β-unsaturated/α-hetero) is 1. The van der Waals surface area contributed by atoms with E-state index in [4.69, 9.17) is 0 Å². The van der Waals surface area contributed by atoms with E-state index in [1.807, 2.05) is 0 Å². The molecule has 1 N–H and O–H groups in total. The number of esters is 1. The van der Waals surface area contributed by atoms with E-state index >= 15 is 0 Å². The predicted molar refractivity (Wildman–Crippen MR) is 120 cm³/mol. The Bertz CT molecular complexity index is 1310. The molecule has 4 rings (SSSR count). The predicted octanol–water partition coefficient (Wildman–Crippen LogP) is 4.16. The molecule has 0 fully saturated rings. The first-order chi connectivity index (χ1) is 15.3. The monoisotopic (exact) mass is 472 g/mol. The summed E-state index contributed by atoms with van der Waals surface area (Å²) in [4.78, 5) is 24.4. The number of ketones is 1. The fraction of sp³-hybridized carbons (Fsp3) is 0.0909. The molecule has 0 saturated carbocycles. The third-order valence-corrected chi connectivity index (χ3v) is 7.49. The Balaban J connectivity index is 1.67. The number of ether oxygens (including phenoxy) is 1. The van der Waals surface area contributed by atoms with Gasteiger partial charge in [0.1, 0.15) is 10.7 Å². The SMILES string of the molecule is COC(=O)c1ccc(N/C=C2/C(=O)c3sccc3N(Cc3ccc(F)cc3)S2(=O)=O)cc1. The van der Waals surface area contributed by atoms with Crippen LogP contribution in [-0.2, 0) is 21.3 Å². The molecule has 10 heteroatoms. The number of thiophene rings is 1. The van der Waals surface area contributed by atoms with Gasteiger partial charge in [0.15, 0.2) is 4.91 Å². The van der Waals surface area contributed by atoms with E-state index in [9.17, 15) is 22.4 Å². The van der Waals surface area contributed by atoms with Gasteiger partial charge >= 0.3 is 5.97 Å². The van der Waals surface area contributed by atoms with Crippen molar-refractivity contribution in [3.8, 4) is 0 Å². The Morgan fingerprint density at radius 3 is 2.47 bits per heavy atom. The van der Waals surface area contributed by atoms with Crippen molar-refractivity contribution in [2.75, 3.05) is 16.7 Å². The van der Waals surface area contributed by atoms with Crippen LogP contribution in [0.15, 0.2) is 71.1 Å². The van der Waals surface area contributed by atoms with Gasteiger partial charge in [0, 0.05) is 11.9 Å². The van der Waals surface area contributed by atoms with Crippen molar-refractivity contribution in [2.45, 2.75) is 6.54 Å². The van der Waals surface area contributed by atoms with Crippen molar-refractivity contribution in [2.24, 2.45) is 0 Å². The first kappa shape index (κ1) is 21.7. The highest BCUT2D eigenvalue weighted by atomic mass is 32.2. The molecular formula is C22H17FN2O5S2. The Kier molecular flexibility index (Phi) is 5.81. The second kappa shape index (κ2) is 8.56. The van der Waals surface area contributed by atoms with Crippen molar-refractivity contribution < 1.29 is 27.1 Å². The van der Waals surface area contributed by atoms with Crippen LogP contribution in [-0.4, -0.2) is 27.3 Å². The van der Waals surface area contributed by atoms with Crippen LogP contribution in [0, 0.1) is 5.82 Å². The third kappa shape index (κ3) is 4.02. The molecule has 1 aliphatic heterocycles. The summed E-state index contributed by atoms with van der Waals surface area (Å²) in [5.74, 6) is -1.53.